The van der Waals surface area contributed by atoms with Crippen LogP contribution in [-0.4, -0.2) is 109 Å². The van der Waals surface area contributed by atoms with Crippen molar-refractivity contribution in [3.05, 3.63) is 40.1 Å². The second-order valence-electron chi connectivity index (χ2n) is 8.36. The quantitative estimate of drug-likeness (QED) is 0.279. The van der Waals surface area contributed by atoms with Crippen LogP contribution in [0.1, 0.15) is 38.7 Å². The third kappa shape index (κ3) is 8.89. The van der Waals surface area contributed by atoms with Crippen LogP contribution in [0.3, 0.4) is 0 Å². The second-order valence-corrected chi connectivity index (χ2v) is 10.3. The summed E-state index contributed by atoms with van der Waals surface area (Å²) < 4.78 is 35.7. The van der Waals surface area contributed by atoms with Gasteiger partial charge in [-0.2, -0.15) is 4.31 Å². The Labute approximate surface area is 244 Å². The Bertz CT molecular complexity index is 1360. The summed E-state index contributed by atoms with van der Waals surface area (Å²) in [6.07, 6.45) is 1.52. The van der Waals surface area contributed by atoms with Crippen molar-refractivity contribution < 1.29 is 46.0 Å². The maximum atomic E-state index is 13.4. The van der Waals surface area contributed by atoms with Gasteiger partial charge in [0.05, 0.1) is 22.8 Å². The van der Waals surface area contributed by atoms with Crippen molar-refractivity contribution in [1.29, 1.82) is 0 Å². The lowest BCUT2D eigenvalue weighted by molar-refractivity contribution is 0.196. The number of halogens is 1. The number of likely N-dealkylation sites (N-methyl/N-ethyl adjacent to an activating group) is 1. The van der Waals surface area contributed by atoms with E-state index in [-0.39, 0.29) is 61.5 Å². The number of nitrogens with one attached hydrogen (secondary N) is 1. The molecule has 0 spiro atoms. The molecule has 1 aromatic carbocycles. The molecule has 16 nitrogen and oxygen atoms in total. The minimum Gasteiger partial charge on any atom is -0.493 e. The number of aromatic nitrogens is 4. The predicted octanol–water partition coefficient (Wildman–Crippen LogP) is -2.46. The van der Waals surface area contributed by atoms with Crippen molar-refractivity contribution in [3.8, 4) is 17.1 Å². The van der Waals surface area contributed by atoms with E-state index in [0.717, 1.165) is 13.0 Å². The number of aryl methyl sites for hydroxylation is 2. The summed E-state index contributed by atoms with van der Waals surface area (Å²) in [5.41, 5.74) is 1.09. The Morgan fingerprint density at radius 1 is 0.976 bits per heavy atom. The van der Waals surface area contributed by atoms with Crippen molar-refractivity contribution in [1.82, 2.24) is 28.8 Å². The van der Waals surface area contributed by atoms with Crippen molar-refractivity contribution >= 4 is 27.9 Å². The van der Waals surface area contributed by atoms with Gasteiger partial charge in [0.15, 0.2) is 11.3 Å². The van der Waals surface area contributed by atoms with E-state index in [4.69, 9.17) is 4.74 Å². The normalized spacial score (nSPS) is 13.1. The SMILES string of the molecule is CCCc1nc(C)c2c(=O)[nH]c(-c3cc(S(=O)(=O)N4CCN(CC)CC4)ccc3OCC)nn12.Cl.O.O.O.O.O.O. The zero-order valence-electron chi connectivity index (χ0n) is 23.6. The van der Waals surface area contributed by atoms with E-state index in [1.54, 1.807) is 29.6 Å². The number of H-pyrrole nitrogens is 1. The van der Waals surface area contributed by atoms with Gasteiger partial charge in [-0.25, -0.2) is 17.9 Å². The lowest BCUT2D eigenvalue weighted by Gasteiger charge is -2.33. The van der Waals surface area contributed by atoms with Gasteiger partial charge in [0, 0.05) is 32.6 Å². The standard InChI is InChI=1S/C23H32N6O4S.ClH.6H2O/c1-5-8-20-24-16(4)21-23(30)25-22(26-29(20)21)18-15-17(9-10-19(18)33-7-3)34(31,32)28-13-11-27(6-2)12-14-28;;;;;;;/h9-10,15H,5-8,11-14H2,1-4H3,(H,25,26,30);1H;6*1H2. The second kappa shape index (κ2) is 18.7. The number of sulfonamides is 1. The fourth-order valence-electron chi connectivity index (χ4n) is 4.31. The van der Waals surface area contributed by atoms with Crippen LogP contribution < -0.4 is 10.3 Å². The van der Waals surface area contributed by atoms with Crippen molar-refractivity contribution in [2.75, 3.05) is 39.3 Å². The van der Waals surface area contributed by atoms with Crippen LogP contribution >= 0.6 is 12.4 Å². The zero-order chi connectivity index (χ0) is 24.5. The van der Waals surface area contributed by atoms with Crippen LogP contribution in [0.25, 0.3) is 16.9 Å². The van der Waals surface area contributed by atoms with E-state index in [2.05, 4.69) is 26.9 Å². The third-order valence-corrected chi connectivity index (χ3v) is 8.03. The van der Waals surface area contributed by atoms with Crippen molar-refractivity contribution in [3.63, 3.8) is 0 Å². The average Bonchev–Trinajstić information content (AvgIpc) is 3.15. The first kappa shape index (κ1) is 45.3. The molecule has 0 atom stereocenters. The van der Waals surface area contributed by atoms with E-state index >= 15 is 0 Å². The van der Waals surface area contributed by atoms with Gasteiger partial charge in [0.1, 0.15) is 11.6 Å². The molecular weight excluding hydrogens is 588 g/mol. The van der Waals surface area contributed by atoms with Crippen LogP contribution in [0.15, 0.2) is 27.9 Å². The van der Waals surface area contributed by atoms with Gasteiger partial charge in [-0.05, 0) is 45.0 Å². The summed E-state index contributed by atoms with van der Waals surface area (Å²) in [6.45, 7) is 11.3. The highest BCUT2D eigenvalue weighted by atomic mass is 35.5. The summed E-state index contributed by atoms with van der Waals surface area (Å²) in [7, 11) is -3.71. The first-order valence-corrected chi connectivity index (χ1v) is 13.2. The Morgan fingerprint density at radius 3 is 2.12 bits per heavy atom. The predicted molar refractivity (Wildman–Crippen MR) is 159 cm³/mol. The molecule has 1 aliphatic rings. The maximum absolute atomic E-state index is 13.4. The van der Waals surface area contributed by atoms with Gasteiger partial charge < -0.3 is 47.5 Å². The number of fused-ring (bicyclic) bond motifs is 1. The molecule has 0 bridgehead atoms. The maximum Gasteiger partial charge on any atom is 0.277 e. The molecule has 4 rings (SSSR count). The fourth-order valence-corrected chi connectivity index (χ4v) is 5.76. The van der Waals surface area contributed by atoms with Crippen LogP contribution in [0.5, 0.6) is 5.75 Å². The average molecular weight is 633 g/mol. The molecule has 18 heteroatoms. The van der Waals surface area contributed by atoms with Gasteiger partial charge in [-0.1, -0.05) is 13.8 Å². The molecule has 41 heavy (non-hydrogen) atoms. The Kier molecular flexibility index (Phi) is 20.6. The molecule has 0 amide bonds. The number of aromatic amines is 1. The van der Waals surface area contributed by atoms with Crippen LogP contribution in [0, 0.1) is 6.92 Å². The Hall–Kier alpha value is -2.71. The fraction of sp³-hybridized carbons (Fsp3) is 0.522. The molecule has 0 unspecified atom stereocenters. The molecule has 3 heterocycles. The van der Waals surface area contributed by atoms with Gasteiger partial charge in [0.2, 0.25) is 10.0 Å². The van der Waals surface area contributed by atoms with E-state index < -0.39 is 10.0 Å². The summed E-state index contributed by atoms with van der Waals surface area (Å²) in [5, 5.41) is 4.65. The first-order valence-electron chi connectivity index (χ1n) is 11.8. The highest BCUT2D eigenvalue weighted by Crippen LogP contribution is 2.31. The lowest BCUT2D eigenvalue weighted by Crippen LogP contribution is -2.48. The van der Waals surface area contributed by atoms with Gasteiger partial charge in [-0.3, -0.25) is 4.79 Å². The molecular formula is C23H45ClN6O10S. The number of ether oxygens (including phenoxy) is 1. The number of hydrogen-bond donors (Lipinski definition) is 1. The number of imidazole rings is 1. The van der Waals surface area contributed by atoms with Crippen LogP contribution in [0.2, 0.25) is 0 Å². The highest BCUT2D eigenvalue weighted by Gasteiger charge is 2.29. The number of hydrogen-bond acceptors (Lipinski definition) is 7. The monoisotopic (exact) mass is 632 g/mol. The summed E-state index contributed by atoms with van der Waals surface area (Å²) >= 11 is 0. The van der Waals surface area contributed by atoms with Crippen molar-refractivity contribution in [2.45, 2.75) is 45.4 Å². The smallest absolute Gasteiger partial charge is 0.277 e. The van der Waals surface area contributed by atoms with Crippen molar-refractivity contribution in [2.24, 2.45) is 0 Å². The topological polar surface area (TPSA) is 302 Å². The number of nitrogens with zero attached hydrogens (tertiary/aromatic N) is 5. The first-order chi connectivity index (χ1) is 16.3. The van der Waals surface area contributed by atoms with E-state index in [1.807, 2.05) is 13.8 Å². The Balaban J connectivity index is -0.000000978. The summed E-state index contributed by atoms with van der Waals surface area (Å²) in [4.78, 5) is 22.6. The van der Waals surface area contributed by atoms with Crippen LogP contribution in [-0.2, 0) is 16.4 Å². The molecule has 1 aliphatic heterocycles. The molecule has 240 valence electrons. The van der Waals surface area contributed by atoms with E-state index in [0.29, 0.717) is 67.6 Å². The third-order valence-electron chi connectivity index (χ3n) is 6.14. The Morgan fingerprint density at radius 2 is 1.59 bits per heavy atom. The molecule has 0 radical (unpaired) electrons. The summed E-state index contributed by atoms with van der Waals surface area (Å²) in [6, 6.07) is 4.72. The zero-order valence-corrected chi connectivity index (χ0v) is 25.2. The molecule has 1 fully saturated rings. The number of benzene rings is 1. The van der Waals surface area contributed by atoms with Gasteiger partial charge in [-0.15, -0.1) is 17.5 Å². The van der Waals surface area contributed by atoms with Gasteiger partial charge >= 0.3 is 0 Å². The largest absolute Gasteiger partial charge is 0.493 e. The molecule has 2 aromatic heterocycles. The number of rotatable bonds is 8. The number of piperazine rings is 1. The molecule has 0 saturated carbocycles. The molecule has 0 aliphatic carbocycles. The minimum absolute atomic E-state index is 0. The van der Waals surface area contributed by atoms with E-state index in [9.17, 15) is 13.2 Å². The minimum atomic E-state index is -3.71. The van der Waals surface area contributed by atoms with Crippen LogP contribution in [0.4, 0.5) is 0 Å². The lowest BCUT2D eigenvalue weighted by atomic mass is 10.2. The molecule has 13 N–H and O–H groups in total. The highest BCUT2D eigenvalue weighted by molar-refractivity contribution is 7.89. The molecule has 1 saturated heterocycles. The summed E-state index contributed by atoms with van der Waals surface area (Å²) in [5.74, 6) is 1.38. The van der Waals surface area contributed by atoms with Gasteiger partial charge in [0.25, 0.3) is 5.56 Å². The van der Waals surface area contributed by atoms with E-state index in [1.165, 1.54) is 4.31 Å². The molecule has 3 aromatic rings.